The molecule has 1 heterocycles. The summed E-state index contributed by atoms with van der Waals surface area (Å²) in [6, 6.07) is 7.57. The summed E-state index contributed by atoms with van der Waals surface area (Å²) in [5, 5.41) is 13.1. The van der Waals surface area contributed by atoms with Crippen LogP contribution in [-0.2, 0) is 0 Å². The molecule has 102 valence electrons. The Bertz CT molecular complexity index is 723. The van der Waals surface area contributed by atoms with E-state index >= 15 is 0 Å². The van der Waals surface area contributed by atoms with Gasteiger partial charge in [-0.05, 0) is 53.5 Å². The minimum atomic E-state index is 0.380. The first kappa shape index (κ1) is 15.1. The van der Waals surface area contributed by atoms with Crippen LogP contribution < -0.4 is 5.32 Å². The van der Waals surface area contributed by atoms with Gasteiger partial charge in [0, 0.05) is 10.2 Å². The van der Waals surface area contributed by atoms with Gasteiger partial charge in [-0.15, -0.1) is 0 Å². The van der Waals surface area contributed by atoms with E-state index < -0.39 is 0 Å². The molecule has 0 amide bonds. The summed E-state index contributed by atoms with van der Waals surface area (Å²) in [6.45, 7) is 3.74. The number of pyridine rings is 1. The second kappa shape index (κ2) is 6.01. The Labute approximate surface area is 135 Å². The summed E-state index contributed by atoms with van der Waals surface area (Å²) in [5.41, 5.74) is 2.78. The molecule has 1 N–H and O–H groups in total. The Balaban J connectivity index is 2.51. The van der Waals surface area contributed by atoms with Gasteiger partial charge in [0.05, 0.1) is 21.3 Å². The van der Waals surface area contributed by atoms with Gasteiger partial charge in [-0.1, -0.05) is 23.2 Å². The molecule has 0 unspecified atom stereocenters. The second-order valence-corrected chi connectivity index (χ2v) is 5.87. The Kier molecular flexibility index (Phi) is 4.54. The van der Waals surface area contributed by atoms with E-state index in [1.54, 1.807) is 12.1 Å². The molecule has 2 aromatic rings. The predicted octanol–water partition coefficient (Wildman–Crippen LogP) is 5.38. The monoisotopic (exact) mass is 369 g/mol. The van der Waals surface area contributed by atoms with E-state index in [2.05, 4.69) is 32.3 Å². The Hall–Kier alpha value is -1.28. The van der Waals surface area contributed by atoms with Gasteiger partial charge in [-0.3, -0.25) is 0 Å². The molecule has 2 rings (SSSR count). The average Bonchev–Trinajstić information content (AvgIpc) is 2.39. The number of anilines is 2. The zero-order chi connectivity index (χ0) is 14.9. The molecule has 0 fully saturated rings. The zero-order valence-electron chi connectivity index (χ0n) is 10.8. The quantitative estimate of drug-likeness (QED) is 0.721. The number of nitrogens with zero attached hydrogens (tertiary/aromatic N) is 2. The Morgan fingerprint density at radius 2 is 1.95 bits per heavy atom. The highest BCUT2D eigenvalue weighted by Gasteiger charge is 2.13. The molecule has 1 aromatic heterocycles. The largest absolute Gasteiger partial charge is 0.338 e. The number of aromatic nitrogens is 1. The third-order valence-electron chi connectivity index (χ3n) is 2.74. The van der Waals surface area contributed by atoms with Crippen molar-refractivity contribution < 1.29 is 0 Å². The van der Waals surface area contributed by atoms with Crippen molar-refractivity contribution in [3.8, 4) is 6.07 Å². The maximum absolute atomic E-state index is 9.24. The summed E-state index contributed by atoms with van der Waals surface area (Å²) in [5.74, 6) is 0.477. The van der Waals surface area contributed by atoms with E-state index in [4.69, 9.17) is 23.2 Å². The van der Waals surface area contributed by atoms with Crippen molar-refractivity contribution in [2.24, 2.45) is 0 Å². The van der Waals surface area contributed by atoms with Crippen molar-refractivity contribution in [2.45, 2.75) is 13.8 Å². The second-order valence-electron chi connectivity index (χ2n) is 4.26. The molecule has 20 heavy (non-hydrogen) atoms. The van der Waals surface area contributed by atoms with E-state index in [-0.39, 0.29) is 0 Å². The van der Waals surface area contributed by atoms with E-state index in [0.29, 0.717) is 31.6 Å². The van der Waals surface area contributed by atoms with Crippen molar-refractivity contribution in [1.29, 1.82) is 5.26 Å². The summed E-state index contributed by atoms with van der Waals surface area (Å²) < 4.78 is 0.712. The highest BCUT2D eigenvalue weighted by atomic mass is 79.9. The van der Waals surface area contributed by atoms with Crippen LogP contribution in [0, 0.1) is 25.2 Å². The van der Waals surface area contributed by atoms with Crippen LogP contribution in [-0.4, -0.2) is 4.98 Å². The van der Waals surface area contributed by atoms with Crippen LogP contribution in [0.3, 0.4) is 0 Å². The molecule has 0 saturated heterocycles. The molecule has 0 radical (unpaired) electrons. The number of nitrogens with one attached hydrogen (secondary N) is 1. The van der Waals surface area contributed by atoms with Gasteiger partial charge >= 0.3 is 0 Å². The van der Waals surface area contributed by atoms with Crippen molar-refractivity contribution >= 4 is 50.6 Å². The van der Waals surface area contributed by atoms with Crippen molar-refractivity contribution in [3.05, 3.63) is 49.5 Å². The zero-order valence-corrected chi connectivity index (χ0v) is 13.9. The van der Waals surface area contributed by atoms with E-state index in [9.17, 15) is 5.26 Å². The standard InChI is InChI=1S/C14H10BrCl2N3/c1-7-5-8(2)19-14(9(7)6-18)20-11-4-3-10(15)12(16)13(11)17/h3-5H,1-2H3,(H,19,20). The van der Waals surface area contributed by atoms with Crippen molar-refractivity contribution in [2.75, 3.05) is 5.32 Å². The highest BCUT2D eigenvalue weighted by molar-refractivity contribution is 9.10. The van der Waals surface area contributed by atoms with Gasteiger partial charge in [-0.25, -0.2) is 4.98 Å². The molecule has 0 aliphatic carbocycles. The summed E-state index contributed by atoms with van der Waals surface area (Å²) >= 11 is 15.6. The van der Waals surface area contributed by atoms with Crippen LogP contribution in [0.2, 0.25) is 10.0 Å². The number of hydrogen-bond donors (Lipinski definition) is 1. The molecule has 0 atom stereocenters. The van der Waals surface area contributed by atoms with Crippen molar-refractivity contribution in [3.63, 3.8) is 0 Å². The first-order chi connectivity index (χ1) is 9.43. The number of benzene rings is 1. The molecule has 0 aliphatic rings. The fraction of sp³-hybridized carbons (Fsp3) is 0.143. The van der Waals surface area contributed by atoms with Gasteiger partial charge in [0.15, 0.2) is 0 Å². The molecule has 0 spiro atoms. The number of hydrogen-bond acceptors (Lipinski definition) is 3. The Morgan fingerprint density at radius 1 is 1.25 bits per heavy atom. The van der Waals surface area contributed by atoms with E-state index in [1.165, 1.54) is 0 Å². The maximum Gasteiger partial charge on any atom is 0.148 e. The first-order valence-electron chi connectivity index (χ1n) is 5.73. The topological polar surface area (TPSA) is 48.7 Å². The van der Waals surface area contributed by atoms with Crippen molar-refractivity contribution in [1.82, 2.24) is 4.98 Å². The number of aryl methyl sites for hydroxylation is 2. The smallest absolute Gasteiger partial charge is 0.148 e. The van der Waals surface area contributed by atoms with Crippen LogP contribution in [0.1, 0.15) is 16.8 Å². The minimum absolute atomic E-state index is 0.380. The van der Waals surface area contributed by atoms with Crippen LogP contribution in [0.5, 0.6) is 0 Å². The molecule has 0 aliphatic heterocycles. The lowest BCUT2D eigenvalue weighted by atomic mass is 10.1. The van der Waals surface area contributed by atoms with Gasteiger partial charge in [-0.2, -0.15) is 5.26 Å². The molecular formula is C14H10BrCl2N3. The van der Waals surface area contributed by atoms with Gasteiger partial charge in [0.2, 0.25) is 0 Å². The molecule has 6 heteroatoms. The van der Waals surface area contributed by atoms with E-state index in [0.717, 1.165) is 11.3 Å². The normalized spacial score (nSPS) is 10.2. The predicted molar refractivity (Wildman–Crippen MR) is 85.9 cm³/mol. The lowest BCUT2D eigenvalue weighted by Crippen LogP contribution is -2.01. The summed E-state index contributed by atoms with van der Waals surface area (Å²) in [7, 11) is 0. The fourth-order valence-electron chi connectivity index (χ4n) is 1.82. The Morgan fingerprint density at radius 3 is 2.60 bits per heavy atom. The van der Waals surface area contributed by atoms with Crippen LogP contribution in [0.25, 0.3) is 0 Å². The summed E-state index contributed by atoms with van der Waals surface area (Å²) in [4.78, 5) is 4.35. The first-order valence-corrected chi connectivity index (χ1v) is 7.27. The minimum Gasteiger partial charge on any atom is -0.338 e. The van der Waals surface area contributed by atoms with E-state index in [1.807, 2.05) is 19.9 Å². The third kappa shape index (κ3) is 2.90. The van der Waals surface area contributed by atoms with Crippen LogP contribution >= 0.6 is 39.1 Å². The number of rotatable bonds is 2. The lowest BCUT2D eigenvalue weighted by molar-refractivity contribution is 1.16. The molecule has 1 aromatic carbocycles. The molecular weight excluding hydrogens is 361 g/mol. The molecule has 0 bridgehead atoms. The van der Waals surface area contributed by atoms with Gasteiger partial charge in [0.25, 0.3) is 0 Å². The fourth-order valence-corrected chi connectivity index (χ4v) is 2.64. The van der Waals surface area contributed by atoms with Crippen LogP contribution in [0.4, 0.5) is 11.5 Å². The lowest BCUT2D eigenvalue weighted by Gasteiger charge is -2.12. The average molecular weight is 371 g/mol. The van der Waals surface area contributed by atoms with Gasteiger partial charge < -0.3 is 5.32 Å². The molecule has 3 nitrogen and oxygen atoms in total. The maximum atomic E-state index is 9.24. The SMILES string of the molecule is Cc1cc(C)c(C#N)c(Nc2ccc(Br)c(Cl)c2Cl)n1. The summed E-state index contributed by atoms with van der Waals surface area (Å²) in [6.07, 6.45) is 0. The number of halogens is 3. The number of nitriles is 1. The third-order valence-corrected chi connectivity index (χ3v) is 4.52. The molecule has 0 saturated carbocycles. The highest BCUT2D eigenvalue weighted by Crippen LogP contribution is 2.37. The van der Waals surface area contributed by atoms with Crippen LogP contribution in [0.15, 0.2) is 22.7 Å². The van der Waals surface area contributed by atoms with Gasteiger partial charge in [0.1, 0.15) is 11.9 Å².